The molecular formula is C13H13F3N2O3. The zero-order valence-corrected chi connectivity index (χ0v) is 10.8. The van der Waals surface area contributed by atoms with E-state index in [0.29, 0.717) is 31.4 Å². The number of carboxylic acids is 1. The minimum atomic E-state index is -1.61. The van der Waals surface area contributed by atoms with Crippen LogP contribution in [0.2, 0.25) is 0 Å². The number of halogens is 3. The molecule has 114 valence electrons. The SMILES string of the molecule is O=C(Nc1cc(F)c(F)c(F)c1)NC1CCC(C(=O)O)C1. The maximum Gasteiger partial charge on any atom is 0.319 e. The van der Waals surface area contributed by atoms with Crippen LogP contribution < -0.4 is 10.6 Å². The molecule has 5 nitrogen and oxygen atoms in total. The van der Waals surface area contributed by atoms with E-state index in [4.69, 9.17) is 5.11 Å². The zero-order chi connectivity index (χ0) is 15.6. The molecule has 0 aliphatic heterocycles. The topological polar surface area (TPSA) is 78.4 Å². The number of nitrogens with one attached hydrogen (secondary N) is 2. The van der Waals surface area contributed by atoms with E-state index in [2.05, 4.69) is 10.6 Å². The highest BCUT2D eigenvalue weighted by atomic mass is 19.2. The molecule has 0 radical (unpaired) electrons. The van der Waals surface area contributed by atoms with Gasteiger partial charge < -0.3 is 15.7 Å². The minimum absolute atomic E-state index is 0.225. The highest BCUT2D eigenvalue weighted by Crippen LogP contribution is 2.25. The average molecular weight is 302 g/mol. The molecule has 0 saturated heterocycles. The second-order valence-electron chi connectivity index (χ2n) is 4.90. The molecule has 1 aliphatic rings. The van der Waals surface area contributed by atoms with Crippen molar-refractivity contribution in [2.45, 2.75) is 25.3 Å². The van der Waals surface area contributed by atoms with Crippen LogP contribution in [0.15, 0.2) is 12.1 Å². The standard InChI is InChI=1S/C13H13F3N2O3/c14-9-4-8(5-10(15)11(9)16)18-13(21)17-7-2-1-6(3-7)12(19)20/h4-7H,1-3H2,(H,19,20)(H2,17,18,21). The molecule has 0 spiro atoms. The minimum Gasteiger partial charge on any atom is -0.481 e. The van der Waals surface area contributed by atoms with E-state index in [1.165, 1.54) is 0 Å². The molecule has 2 amide bonds. The summed E-state index contributed by atoms with van der Waals surface area (Å²) in [6.45, 7) is 0. The van der Waals surface area contributed by atoms with Gasteiger partial charge in [-0.3, -0.25) is 4.79 Å². The lowest BCUT2D eigenvalue weighted by Crippen LogP contribution is -2.36. The summed E-state index contributed by atoms with van der Waals surface area (Å²) in [5, 5.41) is 13.5. The van der Waals surface area contributed by atoms with Crippen LogP contribution in [0.3, 0.4) is 0 Å². The van der Waals surface area contributed by atoms with E-state index in [0.717, 1.165) is 0 Å². The summed E-state index contributed by atoms with van der Waals surface area (Å²) >= 11 is 0. The highest BCUT2D eigenvalue weighted by molar-refractivity contribution is 5.89. The van der Waals surface area contributed by atoms with Crippen LogP contribution in [0.1, 0.15) is 19.3 Å². The average Bonchev–Trinajstić information content (AvgIpc) is 2.84. The van der Waals surface area contributed by atoms with Crippen LogP contribution in [-0.4, -0.2) is 23.1 Å². The number of aliphatic carboxylic acids is 1. The quantitative estimate of drug-likeness (QED) is 0.751. The van der Waals surface area contributed by atoms with Gasteiger partial charge in [-0.2, -0.15) is 0 Å². The summed E-state index contributed by atoms with van der Waals surface area (Å²) in [5.41, 5.74) is -0.225. The lowest BCUT2D eigenvalue weighted by atomic mass is 10.1. The fourth-order valence-electron chi connectivity index (χ4n) is 2.32. The van der Waals surface area contributed by atoms with Gasteiger partial charge in [0.25, 0.3) is 0 Å². The first-order valence-electron chi connectivity index (χ1n) is 6.31. The molecule has 2 atom stereocenters. The fraction of sp³-hybridized carbons (Fsp3) is 0.385. The van der Waals surface area contributed by atoms with Gasteiger partial charge in [0.1, 0.15) is 0 Å². The van der Waals surface area contributed by atoms with Gasteiger partial charge in [-0.15, -0.1) is 0 Å². The maximum absolute atomic E-state index is 13.0. The largest absolute Gasteiger partial charge is 0.481 e. The Kier molecular flexibility index (Phi) is 4.35. The molecule has 0 bridgehead atoms. The Bertz CT molecular complexity index is 557. The van der Waals surface area contributed by atoms with Gasteiger partial charge in [0.05, 0.1) is 5.92 Å². The molecule has 1 aromatic rings. The molecule has 1 aliphatic carbocycles. The van der Waals surface area contributed by atoms with E-state index in [1.54, 1.807) is 0 Å². The molecule has 2 rings (SSSR count). The van der Waals surface area contributed by atoms with Crippen molar-refractivity contribution in [1.82, 2.24) is 5.32 Å². The summed E-state index contributed by atoms with van der Waals surface area (Å²) in [6.07, 6.45) is 1.27. The van der Waals surface area contributed by atoms with Crippen molar-refractivity contribution in [3.8, 4) is 0 Å². The third-order valence-corrected chi connectivity index (χ3v) is 3.36. The summed E-state index contributed by atoms with van der Waals surface area (Å²) in [4.78, 5) is 22.4. The van der Waals surface area contributed by atoms with E-state index in [1.807, 2.05) is 0 Å². The lowest BCUT2D eigenvalue weighted by molar-refractivity contribution is -0.141. The highest BCUT2D eigenvalue weighted by Gasteiger charge is 2.30. The zero-order valence-electron chi connectivity index (χ0n) is 10.8. The first kappa shape index (κ1) is 15.1. The van der Waals surface area contributed by atoms with E-state index < -0.39 is 35.4 Å². The van der Waals surface area contributed by atoms with Gasteiger partial charge in [-0.05, 0) is 19.3 Å². The Morgan fingerprint density at radius 1 is 1.14 bits per heavy atom. The van der Waals surface area contributed by atoms with Crippen LogP contribution in [0.25, 0.3) is 0 Å². The van der Waals surface area contributed by atoms with Crippen LogP contribution in [0.4, 0.5) is 23.7 Å². The molecule has 1 fully saturated rings. The fourth-order valence-corrected chi connectivity index (χ4v) is 2.32. The van der Waals surface area contributed by atoms with Crippen molar-refractivity contribution >= 4 is 17.7 Å². The molecule has 3 N–H and O–H groups in total. The van der Waals surface area contributed by atoms with E-state index in [-0.39, 0.29) is 11.7 Å². The number of carbonyl (C=O) groups is 2. The van der Waals surface area contributed by atoms with Crippen LogP contribution in [0.5, 0.6) is 0 Å². The van der Waals surface area contributed by atoms with Gasteiger partial charge in [-0.25, -0.2) is 18.0 Å². The monoisotopic (exact) mass is 302 g/mol. The summed E-state index contributed by atoms with van der Waals surface area (Å²) in [6, 6.07) is 0.275. The smallest absolute Gasteiger partial charge is 0.319 e. The normalized spacial score (nSPS) is 21.1. The molecule has 8 heteroatoms. The Balaban J connectivity index is 1.92. The number of carboxylic acid groups (broad SMARTS) is 1. The number of hydrogen-bond donors (Lipinski definition) is 3. The second kappa shape index (κ2) is 6.02. The molecule has 2 unspecified atom stereocenters. The Morgan fingerprint density at radius 3 is 2.29 bits per heavy atom. The summed E-state index contributed by atoms with van der Waals surface area (Å²) in [5.74, 6) is -5.84. The Hall–Kier alpha value is -2.25. The predicted molar refractivity (Wildman–Crippen MR) is 67.2 cm³/mol. The molecule has 1 saturated carbocycles. The first-order chi connectivity index (χ1) is 9.86. The van der Waals surface area contributed by atoms with Crippen LogP contribution >= 0.6 is 0 Å². The number of carbonyl (C=O) groups excluding carboxylic acids is 1. The number of amides is 2. The third-order valence-electron chi connectivity index (χ3n) is 3.36. The number of anilines is 1. The lowest BCUT2D eigenvalue weighted by Gasteiger charge is -2.13. The van der Waals surface area contributed by atoms with Crippen molar-refractivity contribution in [3.63, 3.8) is 0 Å². The molecule has 1 aromatic carbocycles. The molecule has 0 heterocycles. The van der Waals surface area contributed by atoms with Crippen molar-refractivity contribution < 1.29 is 27.9 Å². The van der Waals surface area contributed by atoms with Gasteiger partial charge in [0.15, 0.2) is 17.5 Å². The number of benzene rings is 1. The summed E-state index contributed by atoms with van der Waals surface area (Å²) in [7, 11) is 0. The Labute approximate surface area is 118 Å². The first-order valence-corrected chi connectivity index (χ1v) is 6.31. The maximum atomic E-state index is 13.0. The Morgan fingerprint density at radius 2 is 1.76 bits per heavy atom. The molecular weight excluding hydrogens is 289 g/mol. The molecule has 0 aromatic heterocycles. The van der Waals surface area contributed by atoms with Gasteiger partial charge in [0.2, 0.25) is 0 Å². The van der Waals surface area contributed by atoms with E-state index in [9.17, 15) is 22.8 Å². The summed E-state index contributed by atoms with van der Waals surface area (Å²) < 4.78 is 38.7. The van der Waals surface area contributed by atoms with Crippen LogP contribution in [-0.2, 0) is 4.79 Å². The van der Waals surface area contributed by atoms with Crippen molar-refractivity contribution in [2.75, 3.05) is 5.32 Å². The van der Waals surface area contributed by atoms with Crippen molar-refractivity contribution in [3.05, 3.63) is 29.6 Å². The van der Waals surface area contributed by atoms with Crippen molar-refractivity contribution in [1.29, 1.82) is 0 Å². The number of hydrogen-bond acceptors (Lipinski definition) is 2. The second-order valence-corrected chi connectivity index (χ2v) is 4.90. The predicted octanol–water partition coefficient (Wildman–Crippen LogP) is 2.48. The van der Waals surface area contributed by atoms with Gasteiger partial charge in [0, 0.05) is 23.9 Å². The van der Waals surface area contributed by atoms with Crippen LogP contribution in [0, 0.1) is 23.4 Å². The van der Waals surface area contributed by atoms with Crippen molar-refractivity contribution in [2.24, 2.45) is 5.92 Å². The number of urea groups is 1. The van der Waals surface area contributed by atoms with Gasteiger partial charge in [-0.1, -0.05) is 0 Å². The number of rotatable bonds is 3. The van der Waals surface area contributed by atoms with E-state index >= 15 is 0 Å². The third kappa shape index (κ3) is 3.65. The molecule has 21 heavy (non-hydrogen) atoms. The van der Waals surface area contributed by atoms with Gasteiger partial charge >= 0.3 is 12.0 Å².